The predicted octanol–water partition coefficient (Wildman–Crippen LogP) is 3.95. The van der Waals surface area contributed by atoms with E-state index in [2.05, 4.69) is 15.3 Å². The van der Waals surface area contributed by atoms with Crippen molar-refractivity contribution in [2.75, 3.05) is 11.9 Å². The first-order valence-corrected chi connectivity index (χ1v) is 7.05. The highest BCUT2D eigenvalue weighted by molar-refractivity contribution is 7.99. The lowest BCUT2D eigenvalue weighted by Crippen LogP contribution is -2.05. The fourth-order valence-corrected chi connectivity index (χ4v) is 2.64. The van der Waals surface area contributed by atoms with E-state index in [1.165, 1.54) is 23.9 Å². The quantitative estimate of drug-likeness (QED) is 0.867. The number of hydrogen-bond donors (Lipinski definition) is 1. The summed E-state index contributed by atoms with van der Waals surface area (Å²) < 4.78 is 26.2. The van der Waals surface area contributed by atoms with Gasteiger partial charge >= 0.3 is 0 Å². The number of anilines is 1. The van der Waals surface area contributed by atoms with Gasteiger partial charge in [-0.05, 0) is 39.0 Å². The number of hydrogen-bond acceptors (Lipinski definition) is 4. The van der Waals surface area contributed by atoms with Gasteiger partial charge in [-0.15, -0.1) is 0 Å². The third kappa shape index (κ3) is 3.25. The molecule has 1 N–H and O–H groups in total. The summed E-state index contributed by atoms with van der Waals surface area (Å²) in [6, 6.07) is 3.82. The molecule has 1 aromatic carbocycles. The van der Waals surface area contributed by atoms with Crippen molar-refractivity contribution in [1.29, 1.82) is 0 Å². The highest BCUT2D eigenvalue weighted by Gasteiger charge is 2.11. The fraction of sp³-hybridized carbons (Fsp3) is 0.286. The molecule has 0 atom stereocenters. The Labute approximate surface area is 120 Å². The smallest absolute Gasteiger partial charge is 0.159 e. The van der Waals surface area contributed by atoms with Crippen molar-refractivity contribution in [3.8, 4) is 0 Å². The number of halogens is 2. The SMILES string of the molecule is CCNc1nc(C)nc(Sc2ccc(F)c(F)c2)c1C. The molecule has 0 amide bonds. The highest BCUT2D eigenvalue weighted by atomic mass is 32.2. The minimum absolute atomic E-state index is 0.604. The predicted molar refractivity (Wildman–Crippen MR) is 76.2 cm³/mol. The van der Waals surface area contributed by atoms with Gasteiger partial charge in [-0.2, -0.15) is 0 Å². The lowest BCUT2D eigenvalue weighted by atomic mass is 10.3. The molecule has 0 saturated carbocycles. The van der Waals surface area contributed by atoms with Gasteiger partial charge in [0.05, 0.1) is 0 Å². The van der Waals surface area contributed by atoms with E-state index >= 15 is 0 Å². The Hall–Kier alpha value is -1.69. The Morgan fingerprint density at radius 1 is 1.15 bits per heavy atom. The molecule has 0 fully saturated rings. The normalized spacial score (nSPS) is 10.7. The van der Waals surface area contributed by atoms with Crippen LogP contribution in [0, 0.1) is 25.5 Å². The molecule has 1 heterocycles. The molecule has 0 aliphatic heterocycles. The topological polar surface area (TPSA) is 37.8 Å². The maximum atomic E-state index is 13.2. The average Bonchev–Trinajstić information content (AvgIpc) is 2.39. The van der Waals surface area contributed by atoms with Crippen LogP contribution in [0.15, 0.2) is 28.1 Å². The van der Waals surface area contributed by atoms with Gasteiger partial charge in [-0.25, -0.2) is 18.7 Å². The van der Waals surface area contributed by atoms with Crippen molar-refractivity contribution >= 4 is 17.6 Å². The molecule has 106 valence electrons. The summed E-state index contributed by atoms with van der Waals surface area (Å²) in [5.41, 5.74) is 0.896. The molecule has 0 unspecified atom stereocenters. The number of nitrogens with zero attached hydrogens (tertiary/aromatic N) is 2. The summed E-state index contributed by atoms with van der Waals surface area (Å²) in [7, 11) is 0. The standard InChI is InChI=1S/C14H15F2N3S/c1-4-17-13-8(2)14(19-9(3)18-13)20-10-5-6-11(15)12(16)7-10/h5-7H,4H2,1-3H3,(H,17,18,19). The first-order valence-electron chi connectivity index (χ1n) is 6.23. The number of aromatic nitrogens is 2. The van der Waals surface area contributed by atoms with E-state index in [1.54, 1.807) is 6.92 Å². The molecule has 0 radical (unpaired) electrons. The summed E-state index contributed by atoms with van der Waals surface area (Å²) in [5, 5.41) is 3.90. The van der Waals surface area contributed by atoms with E-state index in [1.807, 2.05) is 13.8 Å². The Bertz CT molecular complexity index is 632. The molecule has 1 aromatic heterocycles. The van der Waals surface area contributed by atoms with E-state index in [9.17, 15) is 8.78 Å². The molecule has 0 aliphatic carbocycles. The van der Waals surface area contributed by atoms with Gasteiger partial charge in [0.25, 0.3) is 0 Å². The van der Waals surface area contributed by atoms with Crippen molar-refractivity contribution in [3.05, 3.63) is 41.2 Å². The zero-order valence-electron chi connectivity index (χ0n) is 11.5. The molecule has 0 bridgehead atoms. The maximum absolute atomic E-state index is 13.2. The molecular weight excluding hydrogens is 280 g/mol. The van der Waals surface area contributed by atoms with Crippen molar-refractivity contribution in [2.45, 2.75) is 30.7 Å². The number of nitrogens with one attached hydrogen (secondary N) is 1. The van der Waals surface area contributed by atoms with Gasteiger partial charge in [0.2, 0.25) is 0 Å². The molecule has 2 rings (SSSR count). The second-order valence-electron chi connectivity index (χ2n) is 4.26. The van der Waals surface area contributed by atoms with Gasteiger partial charge in [0.15, 0.2) is 11.6 Å². The Morgan fingerprint density at radius 3 is 2.55 bits per heavy atom. The van der Waals surface area contributed by atoms with Gasteiger partial charge in [0.1, 0.15) is 16.7 Å². The van der Waals surface area contributed by atoms with Crippen LogP contribution in [0.1, 0.15) is 18.3 Å². The number of aryl methyl sites for hydroxylation is 1. The minimum Gasteiger partial charge on any atom is -0.370 e. The van der Waals surface area contributed by atoms with E-state index < -0.39 is 11.6 Å². The molecule has 0 spiro atoms. The second kappa shape index (κ2) is 6.17. The Balaban J connectivity index is 2.35. The van der Waals surface area contributed by atoms with Gasteiger partial charge in [0, 0.05) is 17.0 Å². The van der Waals surface area contributed by atoms with Crippen LogP contribution >= 0.6 is 11.8 Å². The van der Waals surface area contributed by atoms with Crippen LogP contribution in [0.2, 0.25) is 0 Å². The van der Waals surface area contributed by atoms with Crippen LogP contribution in [-0.2, 0) is 0 Å². The molecule has 2 aromatic rings. The lowest BCUT2D eigenvalue weighted by Gasteiger charge is -2.11. The van der Waals surface area contributed by atoms with Crippen molar-refractivity contribution in [1.82, 2.24) is 9.97 Å². The average molecular weight is 295 g/mol. The fourth-order valence-electron chi connectivity index (χ4n) is 1.69. The van der Waals surface area contributed by atoms with Crippen molar-refractivity contribution < 1.29 is 8.78 Å². The zero-order valence-corrected chi connectivity index (χ0v) is 12.3. The van der Waals surface area contributed by atoms with Gasteiger partial charge in [-0.1, -0.05) is 11.8 Å². The number of rotatable bonds is 4. The second-order valence-corrected chi connectivity index (χ2v) is 5.32. The van der Waals surface area contributed by atoms with Crippen LogP contribution < -0.4 is 5.32 Å². The minimum atomic E-state index is -0.856. The van der Waals surface area contributed by atoms with E-state index in [0.717, 1.165) is 29.0 Å². The van der Waals surface area contributed by atoms with Crippen LogP contribution in [0.5, 0.6) is 0 Å². The largest absolute Gasteiger partial charge is 0.370 e. The Kier molecular flexibility index (Phi) is 4.54. The first-order chi connectivity index (χ1) is 9.51. The van der Waals surface area contributed by atoms with Gasteiger partial charge < -0.3 is 5.32 Å². The molecule has 0 saturated heterocycles. The van der Waals surface area contributed by atoms with Crippen molar-refractivity contribution in [3.63, 3.8) is 0 Å². The van der Waals surface area contributed by atoms with Gasteiger partial charge in [-0.3, -0.25) is 0 Å². The highest BCUT2D eigenvalue weighted by Crippen LogP contribution is 2.31. The van der Waals surface area contributed by atoms with E-state index in [4.69, 9.17) is 0 Å². The molecule has 6 heteroatoms. The molecular formula is C14H15F2N3S. The molecule has 0 aliphatic rings. The Morgan fingerprint density at radius 2 is 1.90 bits per heavy atom. The third-order valence-electron chi connectivity index (χ3n) is 2.66. The number of benzene rings is 1. The van der Waals surface area contributed by atoms with Crippen LogP contribution in [0.3, 0.4) is 0 Å². The monoisotopic (exact) mass is 295 g/mol. The maximum Gasteiger partial charge on any atom is 0.159 e. The van der Waals surface area contributed by atoms with Crippen molar-refractivity contribution in [2.24, 2.45) is 0 Å². The molecule has 20 heavy (non-hydrogen) atoms. The lowest BCUT2D eigenvalue weighted by molar-refractivity contribution is 0.506. The van der Waals surface area contributed by atoms with Crippen LogP contribution in [0.4, 0.5) is 14.6 Å². The third-order valence-corrected chi connectivity index (χ3v) is 3.74. The molecule has 3 nitrogen and oxygen atoms in total. The summed E-state index contributed by atoms with van der Waals surface area (Å²) in [6.07, 6.45) is 0. The summed E-state index contributed by atoms with van der Waals surface area (Å²) in [5.74, 6) is -0.301. The van der Waals surface area contributed by atoms with Crippen LogP contribution in [0.25, 0.3) is 0 Å². The first kappa shape index (κ1) is 14.7. The summed E-state index contributed by atoms with van der Waals surface area (Å²) >= 11 is 1.29. The summed E-state index contributed by atoms with van der Waals surface area (Å²) in [6.45, 7) is 6.45. The zero-order chi connectivity index (χ0) is 14.7. The van der Waals surface area contributed by atoms with Crippen LogP contribution in [-0.4, -0.2) is 16.5 Å². The van der Waals surface area contributed by atoms with E-state index in [0.29, 0.717) is 10.7 Å². The summed E-state index contributed by atoms with van der Waals surface area (Å²) in [4.78, 5) is 9.29. The van der Waals surface area contributed by atoms with E-state index in [-0.39, 0.29) is 0 Å².